The molecule has 5 atom stereocenters. The number of hydrogen-bond donors (Lipinski definition) is 1. The summed E-state index contributed by atoms with van der Waals surface area (Å²) in [6.07, 6.45) is 9.29. The van der Waals surface area contributed by atoms with Crippen LogP contribution in [0.4, 0.5) is 0 Å². The van der Waals surface area contributed by atoms with Crippen LogP contribution in [0.3, 0.4) is 0 Å². The lowest BCUT2D eigenvalue weighted by molar-refractivity contribution is 0.0454. The van der Waals surface area contributed by atoms with E-state index in [1.165, 1.54) is 44.9 Å². The van der Waals surface area contributed by atoms with E-state index in [1.807, 2.05) is 0 Å². The van der Waals surface area contributed by atoms with E-state index in [-0.39, 0.29) is 0 Å². The van der Waals surface area contributed by atoms with Crippen molar-refractivity contribution in [1.82, 2.24) is 4.90 Å². The standard InChI is InChI=1S/C19H26N2/c1-21-15-7-9-19(21,11-14(20)10-15)17-12-18(17)8-6-13-4-2-3-5-16(13)18/h2-5,14-15,17H,6-12,20H2,1H3/t14?,15?,17-,18-,19?/m1/s1. The van der Waals surface area contributed by atoms with Crippen LogP contribution >= 0.6 is 0 Å². The van der Waals surface area contributed by atoms with Crippen LogP contribution in [0, 0.1) is 5.92 Å². The summed E-state index contributed by atoms with van der Waals surface area (Å²) in [5.41, 5.74) is 10.7. The zero-order chi connectivity index (χ0) is 14.2. The summed E-state index contributed by atoms with van der Waals surface area (Å²) in [5.74, 6) is 0.856. The number of hydrogen-bond acceptors (Lipinski definition) is 2. The maximum Gasteiger partial charge on any atom is 0.0261 e. The Morgan fingerprint density at radius 3 is 2.95 bits per heavy atom. The smallest absolute Gasteiger partial charge is 0.0261 e. The minimum atomic E-state index is 0.416. The number of rotatable bonds is 1. The molecule has 1 aromatic carbocycles. The van der Waals surface area contributed by atoms with Crippen LogP contribution in [0.15, 0.2) is 24.3 Å². The third-order valence-electron chi connectivity index (χ3n) is 7.47. The quantitative estimate of drug-likeness (QED) is 0.858. The molecule has 2 heteroatoms. The molecule has 2 heterocycles. The summed E-state index contributed by atoms with van der Waals surface area (Å²) >= 11 is 0. The van der Waals surface area contributed by atoms with Crippen molar-refractivity contribution >= 4 is 0 Å². The first-order valence-electron chi connectivity index (χ1n) is 8.73. The minimum Gasteiger partial charge on any atom is -0.328 e. The molecule has 2 bridgehead atoms. The van der Waals surface area contributed by atoms with Crippen LogP contribution in [0.25, 0.3) is 0 Å². The number of nitrogens with two attached hydrogens (primary N) is 1. The molecule has 2 aliphatic heterocycles. The van der Waals surface area contributed by atoms with Crippen LogP contribution in [-0.2, 0) is 11.8 Å². The minimum absolute atomic E-state index is 0.416. The van der Waals surface area contributed by atoms with Gasteiger partial charge in [-0.1, -0.05) is 24.3 Å². The number of aryl methyl sites for hydroxylation is 1. The summed E-state index contributed by atoms with van der Waals surface area (Å²) in [7, 11) is 2.39. The van der Waals surface area contributed by atoms with Gasteiger partial charge < -0.3 is 5.73 Å². The van der Waals surface area contributed by atoms with Crippen molar-refractivity contribution in [1.29, 1.82) is 0 Å². The number of fused-ring (bicyclic) bond motifs is 4. The van der Waals surface area contributed by atoms with Gasteiger partial charge in [0.2, 0.25) is 0 Å². The first-order valence-corrected chi connectivity index (χ1v) is 8.73. The Morgan fingerprint density at radius 1 is 1.19 bits per heavy atom. The molecule has 2 aliphatic carbocycles. The fraction of sp³-hybridized carbons (Fsp3) is 0.684. The highest BCUT2D eigenvalue weighted by molar-refractivity contribution is 5.47. The van der Waals surface area contributed by atoms with Gasteiger partial charge in [-0.15, -0.1) is 0 Å². The molecule has 1 spiro atoms. The molecule has 3 fully saturated rings. The van der Waals surface area contributed by atoms with E-state index >= 15 is 0 Å². The lowest BCUT2D eigenvalue weighted by Gasteiger charge is -2.46. The summed E-state index contributed by atoms with van der Waals surface area (Å²) in [6, 6.07) is 10.4. The van der Waals surface area contributed by atoms with Gasteiger partial charge in [0, 0.05) is 23.0 Å². The highest BCUT2D eigenvalue weighted by Gasteiger charge is 2.69. The molecule has 3 unspecified atom stereocenters. The van der Waals surface area contributed by atoms with E-state index in [1.54, 1.807) is 11.1 Å². The van der Waals surface area contributed by atoms with E-state index in [0.29, 0.717) is 17.0 Å². The third-order valence-corrected chi connectivity index (χ3v) is 7.47. The molecule has 21 heavy (non-hydrogen) atoms. The van der Waals surface area contributed by atoms with Crippen LogP contribution < -0.4 is 5.73 Å². The average Bonchev–Trinajstić information content (AvgIpc) is 3.06. The van der Waals surface area contributed by atoms with Gasteiger partial charge in [-0.05, 0) is 69.0 Å². The van der Waals surface area contributed by atoms with E-state index in [0.717, 1.165) is 12.0 Å². The molecule has 2 nitrogen and oxygen atoms in total. The molecule has 0 aromatic heterocycles. The van der Waals surface area contributed by atoms with Gasteiger partial charge in [0.05, 0.1) is 0 Å². The highest BCUT2D eigenvalue weighted by atomic mass is 15.3. The second-order valence-electron chi connectivity index (χ2n) is 8.18. The largest absolute Gasteiger partial charge is 0.328 e. The molecular weight excluding hydrogens is 256 g/mol. The SMILES string of the molecule is CN1C2CCC1([C@@H]1C[C@@]13CCc1ccccc13)CC(N)C2. The van der Waals surface area contributed by atoms with E-state index < -0.39 is 0 Å². The Kier molecular flexibility index (Phi) is 2.36. The monoisotopic (exact) mass is 282 g/mol. The molecule has 112 valence electrons. The molecule has 0 amide bonds. The van der Waals surface area contributed by atoms with E-state index in [2.05, 4.69) is 36.2 Å². The maximum atomic E-state index is 6.42. The van der Waals surface area contributed by atoms with Crippen molar-refractivity contribution in [2.45, 2.75) is 68.0 Å². The fourth-order valence-corrected chi connectivity index (χ4v) is 6.42. The first-order chi connectivity index (χ1) is 10.2. The second kappa shape index (κ2) is 3.91. The zero-order valence-corrected chi connectivity index (χ0v) is 13.0. The molecule has 5 rings (SSSR count). The molecule has 2 saturated heterocycles. The summed E-state index contributed by atoms with van der Waals surface area (Å²) in [4.78, 5) is 2.75. The van der Waals surface area contributed by atoms with Crippen LogP contribution in [-0.4, -0.2) is 29.6 Å². The Balaban J connectivity index is 1.54. The second-order valence-corrected chi connectivity index (χ2v) is 8.18. The summed E-state index contributed by atoms with van der Waals surface area (Å²) in [5, 5.41) is 0. The van der Waals surface area contributed by atoms with Gasteiger partial charge in [0.25, 0.3) is 0 Å². The third kappa shape index (κ3) is 1.46. The fourth-order valence-electron chi connectivity index (χ4n) is 6.42. The first kappa shape index (κ1) is 12.7. The number of nitrogens with zero attached hydrogens (tertiary/aromatic N) is 1. The van der Waals surface area contributed by atoms with Gasteiger partial charge in [0.15, 0.2) is 0 Å². The Labute approximate surface area is 127 Å². The Morgan fingerprint density at radius 2 is 2.05 bits per heavy atom. The van der Waals surface area contributed by atoms with Crippen molar-refractivity contribution < 1.29 is 0 Å². The predicted octanol–water partition coefficient (Wildman–Crippen LogP) is 2.84. The summed E-state index contributed by atoms with van der Waals surface area (Å²) < 4.78 is 0. The van der Waals surface area contributed by atoms with Crippen molar-refractivity contribution in [3.63, 3.8) is 0 Å². The van der Waals surface area contributed by atoms with E-state index in [9.17, 15) is 0 Å². The van der Waals surface area contributed by atoms with Crippen molar-refractivity contribution in [3.8, 4) is 0 Å². The molecule has 4 aliphatic rings. The Hall–Kier alpha value is -0.860. The zero-order valence-electron chi connectivity index (χ0n) is 13.0. The topological polar surface area (TPSA) is 29.3 Å². The van der Waals surface area contributed by atoms with Crippen LogP contribution in [0.5, 0.6) is 0 Å². The molecule has 1 aromatic rings. The molecule has 1 saturated carbocycles. The van der Waals surface area contributed by atoms with Gasteiger partial charge in [-0.2, -0.15) is 0 Å². The average molecular weight is 282 g/mol. The van der Waals surface area contributed by atoms with Crippen molar-refractivity contribution in [2.75, 3.05) is 7.05 Å². The van der Waals surface area contributed by atoms with Crippen molar-refractivity contribution in [3.05, 3.63) is 35.4 Å². The summed E-state index contributed by atoms with van der Waals surface area (Å²) in [6.45, 7) is 0. The van der Waals surface area contributed by atoms with Crippen molar-refractivity contribution in [2.24, 2.45) is 11.7 Å². The molecule has 0 radical (unpaired) electrons. The number of piperidine rings is 1. The van der Waals surface area contributed by atoms with Gasteiger partial charge >= 0.3 is 0 Å². The predicted molar refractivity (Wildman–Crippen MR) is 85.3 cm³/mol. The normalized spacial score (nSPS) is 47.8. The lowest BCUT2D eigenvalue weighted by atomic mass is 9.77. The maximum absolute atomic E-state index is 6.42. The Bertz CT molecular complexity index is 597. The molecular formula is C19H26N2. The van der Waals surface area contributed by atoms with Crippen LogP contribution in [0.1, 0.15) is 49.7 Å². The van der Waals surface area contributed by atoms with Gasteiger partial charge in [0.1, 0.15) is 0 Å². The van der Waals surface area contributed by atoms with Gasteiger partial charge in [-0.3, -0.25) is 4.90 Å². The van der Waals surface area contributed by atoms with Crippen LogP contribution in [0.2, 0.25) is 0 Å². The van der Waals surface area contributed by atoms with Gasteiger partial charge in [-0.25, -0.2) is 0 Å². The highest BCUT2D eigenvalue weighted by Crippen LogP contribution is 2.69. The number of benzene rings is 1. The lowest BCUT2D eigenvalue weighted by Crippen LogP contribution is -2.56. The molecule has 2 N–H and O–H groups in total. The van der Waals surface area contributed by atoms with E-state index in [4.69, 9.17) is 5.73 Å².